The van der Waals surface area contributed by atoms with Gasteiger partial charge < -0.3 is 15.5 Å². The second-order valence-electron chi connectivity index (χ2n) is 12.0. The van der Waals surface area contributed by atoms with Gasteiger partial charge in [-0.15, -0.1) is 0 Å². The normalized spacial score (nSPS) is 49.2. The van der Waals surface area contributed by atoms with E-state index in [9.17, 15) is 15.0 Å². The van der Waals surface area contributed by atoms with Gasteiger partial charge in [-0.1, -0.05) is 56.2 Å². The predicted octanol–water partition coefficient (Wildman–Crippen LogP) is 3.22. The molecule has 0 aromatic heterocycles. The molecule has 4 heterocycles. The van der Waals surface area contributed by atoms with Crippen LogP contribution in [0.15, 0.2) is 36.4 Å². The Morgan fingerprint density at radius 2 is 1.91 bits per heavy atom. The highest BCUT2D eigenvalue weighted by molar-refractivity contribution is 5.74. The first-order chi connectivity index (χ1) is 16.0. The van der Waals surface area contributed by atoms with Gasteiger partial charge in [0.05, 0.1) is 12.1 Å². The summed E-state index contributed by atoms with van der Waals surface area (Å²) in [5.74, 6) is 1.39. The van der Waals surface area contributed by atoms with Crippen LogP contribution in [0.3, 0.4) is 0 Å². The molecular formula is C28H36N2O3. The topological polar surface area (TPSA) is 72.6 Å². The Balaban J connectivity index is 1.17. The maximum atomic E-state index is 11.9. The molecule has 1 aromatic rings. The standard InChI is InChI=1S/C28H36N2O3/c1-16(18-6-4-17(15-31)5-7-18)25-20-9-11-22-28(33,30(22)25)24(20)21-10-8-19-14-23(32)27(26(19)29-21)12-2-3-13-27/h4-7,9,11,15-16,19-26,29,32-33H,2-3,8,10,12-14H2,1H3/t16-,19-,20+,21+,22-,23-,24-,25-,26-,28-,30?/m1/s1. The number of rotatable bonds is 4. The van der Waals surface area contributed by atoms with Crippen LogP contribution in [0.5, 0.6) is 0 Å². The Hall–Kier alpha value is -1.53. The van der Waals surface area contributed by atoms with Gasteiger partial charge in [0.1, 0.15) is 12.0 Å². The minimum Gasteiger partial charge on any atom is -0.392 e. The van der Waals surface area contributed by atoms with Crippen molar-refractivity contribution in [3.05, 3.63) is 47.5 Å². The highest BCUT2D eigenvalue weighted by atomic mass is 16.3. The number of carbonyl (C=O) groups excluding carboxylic acids is 1. The molecule has 33 heavy (non-hydrogen) atoms. The second-order valence-corrected chi connectivity index (χ2v) is 12.0. The number of aldehydes is 1. The summed E-state index contributed by atoms with van der Waals surface area (Å²) in [6.45, 7) is 2.27. The molecule has 3 saturated heterocycles. The SMILES string of the molecule is C[C@H](c1ccc(C=O)cc1)[C@@H]1[C@H]2C=C[C@H]3N1[C@]3(O)[C@H]2[C@@H]1CC[C@@H]2C[C@@H](O)C3(CCCC3)[C@@H]2N1. The highest BCUT2D eigenvalue weighted by Gasteiger charge is 2.78. The first kappa shape index (κ1) is 20.8. The third-order valence-corrected chi connectivity index (χ3v) is 10.8. The lowest BCUT2D eigenvalue weighted by Crippen LogP contribution is -2.59. The number of carbonyl (C=O) groups is 1. The summed E-state index contributed by atoms with van der Waals surface area (Å²) in [5.41, 5.74) is 1.28. The number of benzene rings is 1. The molecule has 0 radical (unpaired) electrons. The average Bonchev–Trinajstić information content (AvgIpc) is 3.16. The van der Waals surface area contributed by atoms with E-state index in [1.807, 2.05) is 12.1 Å². The molecule has 7 aliphatic rings. The zero-order valence-electron chi connectivity index (χ0n) is 19.4. The highest BCUT2D eigenvalue weighted by Crippen LogP contribution is 2.66. The minimum absolute atomic E-state index is 0.0652. The fourth-order valence-electron chi connectivity index (χ4n) is 9.32. The van der Waals surface area contributed by atoms with E-state index in [1.54, 1.807) is 0 Å². The Kier molecular flexibility index (Phi) is 4.42. The van der Waals surface area contributed by atoms with Crippen molar-refractivity contribution in [2.24, 2.45) is 23.2 Å². The first-order valence-corrected chi connectivity index (χ1v) is 13.2. The maximum absolute atomic E-state index is 11.9. The van der Waals surface area contributed by atoms with Crippen LogP contribution in [0.1, 0.15) is 73.7 Å². The molecule has 4 aliphatic heterocycles. The minimum atomic E-state index is -0.731. The van der Waals surface area contributed by atoms with Crippen LogP contribution in [0.2, 0.25) is 0 Å². The van der Waals surface area contributed by atoms with Crippen molar-refractivity contribution in [2.75, 3.05) is 0 Å². The quantitative estimate of drug-likeness (QED) is 0.375. The zero-order valence-corrected chi connectivity index (χ0v) is 19.4. The number of fused-ring (bicyclic) bond motifs is 2. The molecule has 2 saturated carbocycles. The predicted molar refractivity (Wildman–Crippen MR) is 126 cm³/mol. The number of piperidine rings is 2. The summed E-state index contributed by atoms with van der Waals surface area (Å²) < 4.78 is 0. The molecule has 5 nitrogen and oxygen atoms in total. The molecule has 11 atom stereocenters. The molecule has 3 N–H and O–H groups in total. The van der Waals surface area contributed by atoms with Crippen molar-refractivity contribution in [3.63, 3.8) is 0 Å². The van der Waals surface area contributed by atoms with Gasteiger partial charge in [-0.2, -0.15) is 0 Å². The molecule has 1 spiro atoms. The van der Waals surface area contributed by atoms with Crippen molar-refractivity contribution in [1.82, 2.24) is 10.2 Å². The molecule has 0 amide bonds. The third-order valence-electron chi connectivity index (χ3n) is 10.8. The summed E-state index contributed by atoms with van der Waals surface area (Å²) in [7, 11) is 0. The van der Waals surface area contributed by atoms with Crippen molar-refractivity contribution in [1.29, 1.82) is 0 Å². The van der Waals surface area contributed by atoms with Gasteiger partial charge in [-0.3, -0.25) is 9.69 Å². The monoisotopic (exact) mass is 448 g/mol. The Morgan fingerprint density at radius 3 is 2.64 bits per heavy atom. The number of hydrogen-bond donors (Lipinski definition) is 3. The lowest BCUT2D eigenvalue weighted by molar-refractivity contribution is 0.000377. The molecule has 5 fully saturated rings. The van der Waals surface area contributed by atoms with Gasteiger partial charge in [0.15, 0.2) is 0 Å². The Labute approximate surface area is 196 Å². The van der Waals surface area contributed by atoms with Gasteiger partial charge >= 0.3 is 0 Å². The van der Waals surface area contributed by atoms with E-state index in [1.165, 1.54) is 24.8 Å². The van der Waals surface area contributed by atoms with Gasteiger partial charge in [-0.05, 0) is 49.5 Å². The summed E-state index contributed by atoms with van der Waals surface area (Å²) in [6, 6.07) is 9.08. The van der Waals surface area contributed by atoms with E-state index in [-0.39, 0.29) is 35.4 Å². The molecule has 176 valence electrons. The van der Waals surface area contributed by atoms with Crippen molar-refractivity contribution in [3.8, 4) is 0 Å². The fraction of sp³-hybridized carbons (Fsp3) is 0.679. The van der Waals surface area contributed by atoms with Crippen LogP contribution < -0.4 is 5.32 Å². The van der Waals surface area contributed by atoms with Crippen LogP contribution >= 0.6 is 0 Å². The second kappa shape index (κ2) is 7.00. The van der Waals surface area contributed by atoms with Crippen LogP contribution in [-0.4, -0.2) is 57.4 Å². The van der Waals surface area contributed by atoms with E-state index < -0.39 is 5.72 Å². The average molecular weight is 449 g/mol. The molecule has 8 rings (SSSR count). The first-order valence-electron chi connectivity index (χ1n) is 13.2. The van der Waals surface area contributed by atoms with Gasteiger partial charge in [0.2, 0.25) is 0 Å². The lowest BCUT2D eigenvalue weighted by atomic mass is 9.67. The number of aliphatic hydroxyl groups is 2. The number of aliphatic hydroxyl groups excluding tert-OH is 1. The van der Waals surface area contributed by atoms with Gasteiger partial charge in [-0.25, -0.2) is 0 Å². The van der Waals surface area contributed by atoms with Gasteiger partial charge in [0, 0.05) is 40.9 Å². The van der Waals surface area contributed by atoms with E-state index in [2.05, 4.69) is 41.4 Å². The van der Waals surface area contributed by atoms with Gasteiger partial charge in [0.25, 0.3) is 0 Å². The Bertz CT molecular complexity index is 985. The summed E-state index contributed by atoms with van der Waals surface area (Å²) in [5, 5.41) is 27.0. The number of nitrogens with one attached hydrogen (secondary N) is 1. The Morgan fingerprint density at radius 1 is 1.15 bits per heavy atom. The molecule has 1 unspecified atom stereocenters. The summed E-state index contributed by atoms with van der Waals surface area (Å²) >= 11 is 0. The van der Waals surface area contributed by atoms with Crippen molar-refractivity contribution < 1.29 is 15.0 Å². The van der Waals surface area contributed by atoms with Crippen molar-refractivity contribution >= 4 is 6.29 Å². The molecule has 4 bridgehead atoms. The summed E-state index contributed by atoms with van der Waals surface area (Å²) in [6.07, 6.45) is 13.3. The third kappa shape index (κ3) is 2.60. The number of hydrogen-bond acceptors (Lipinski definition) is 5. The molecule has 1 aromatic carbocycles. The molecule has 3 aliphatic carbocycles. The fourth-order valence-corrected chi connectivity index (χ4v) is 9.32. The van der Waals surface area contributed by atoms with E-state index in [0.29, 0.717) is 29.5 Å². The van der Waals surface area contributed by atoms with E-state index in [4.69, 9.17) is 0 Å². The molecular weight excluding hydrogens is 412 g/mol. The largest absolute Gasteiger partial charge is 0.392 e. The summed E-state index contributed by atoms with van der Waals surface area (Å²) in [4.78, 5) is 13.5. The van der Waals surface area contributed by atoms with Crippen LogP contribution in [0.25, 0.3) is 0 Å². The number of nitrogens with zero attached hydrogens (tertiary/aromatic N) is 1. The van der Waals surface area contributed by atoms with Crippen LogP contribution in [-0.2, 0) is 0 Å². The zero-order chi connectivity index (χ0) is 22.5. The van der Waals surface area contributed by atoms with E-state index >= 15 is 0 Å². The lowest BCUT2D eigenvalue weighted by Gasteiger charge is -2.46. The van der Waals surface area contributed by atoms with Crippen LogP contribution in [0.4, 0.5) is 0 Å². The molecule has 5 heteroatoms. The van der Waals surface area contributed by atoms with E-state index in [0.717, 1.165) is 32.0 Å². The van der Waals surface area contributed by atoms with Crippen molar-refractivity contribution in [2.45, 2.75) is 93.8 Å². The van der Waals surface area contributed by atoms with Crippen LogP contribution in [0, 0.1) is 23.2 Å². The smallest absolute Gasteiger partial charge is 0.150 e. The maximum Gasteiger partial charge on any atom is 0.150 e.